The molecule has 5 heteroatoms. The summed E-state index contributed by atoms with van der Waals surface area (Å²) in [5.41, 5.74) is 0.570. The van der Waals surface area contributed by atoms with E-state index in [1.165, 1.54) is 13.8 Å². The zero-order chi connectivity index (χ0) is 18.3. The summed E-state index contributed by atoms with van der Waals surface area (Å²) in [6, 6.07) is 18.8. The summed E-state index contributed by atoms with van der Waals surface area (Å²) in [7, 11) is 0. The van der Waals surface area contributed by atoms with Gasteiger partial charge in [0.1, 0.15) is 17.8 Å². The molecule has 2 aromatic rings. The lowest BCUT2D eigenvalue weighted by molar-refractivity contribution is -0.127. The van der Waals surface area contributed by atoms with Gasteiger partial charge in [0, 0.05) is 6.54 Å². The minimum absolute atomic E-state index is 0.0338. The molecule has 0 radical (unpaired) electrons. The molecule has 0 aromatic heterocycles. The van der Waals surface area contributed by atoms with Crippen molar-refractivity contribution in [1.82, 2.24) is 5.32 Å². The van der Waals surface area contributed by atoms with Crippen molar-refractivity contribution in [2.75, 3.05) is 6.54 Å². The molecule has 2 N–H and O–H groups in total. The summed E-state index contributed by atoms with van der Waals surface area (Å²) in [5, 5.41) is 21.8. The predicted molar refractivity (Wildman–Crippen MR) is 94.6 cm³/mol. The standard InChI is InChI=1S/C20H22N2O3/c1-20(2,14-21)19(24)22-12-18(23)16-9-6-10-17(11-16)25-13-15-7-4-3-5-8-15/h3-11,18,23H,12-13H2,1-2H3,(H,22,24). The SMILES string of the molecule is CC(C)(C#N)C(=O)NCC(O)c1cccc(OCc2ccccc2)c1. The number of carbonyl (C=O) groups is 1. The molecule has 1 atom stereocenters. The second-order valence-electron chi connectivity index (χ2n) is 6.31. The van der Waals surface area contributed by atoms with E-state index >= 15 is 0 Å². The van der Waals surface area contributed by atoms with Gasteiger partial charge in [-0.1, -0.05) is 42.5 Å². The molecule has 0 bridgehead atoms. The van der Waals surface area contributed by atoms with Crippen molar-refractivity contribution in [2.45, 2.75) is 26.6 Å². The van der Waals surface area contributed by atoms with Crippen LogP contribution < -0.4 is 10.1 Å². The molecule has 0 heterocycles. The first kappa shape index (κ1) is 18.5. The minimum Gasteiger partial charge on any atom is -0.489 e. The van der Waals surface area contributed by atoms with Crippen LogP contribution in [0.2, 0.25) is 0 Å². The van der Waals surface area contributed by atoms with Crippen molar-refractivity contribution < 1.29 is 14.6 Å². The van der Waals surface area contributed by atoms with Crippen LogP contribution in [-0.2, 0) is 11.4 Å². The quantitative estimate of drug-likeness (QED) is 0.813. The number of hydrogen-bond acceptors (Lipinski definition) is 4. The van der Waals surface area contributed by atoms with Gasteiger partial charge in [-0.3, -0.25) is 4.79 Å². The molecule has 0 fully saturated rings. The maximum atomic E-state index is 11.9. The molecule has 0 aliphatic rings. The Labute approximate surface area is 147 Å². The topological polar surface area (TPSA) is 82.4 Å². The van der Waals surface area contributed by atoms with E-state index < -0.39 is 17.4 Å². The van der Waals surface area contributed by atoms with Crippen LogP contribution in [-0.4, -0.2) is 17.6 Å². The highest BCUT2D eigenvalue weighted by atomic mass is 16.5. The van der Waals surface area contributed by atoms with Crippen molar-refractivity contribution in [3.8, 4) is 11.8 Å². The van der Waals surface area contributed by atoms with Crippen LogP contribution in [0.25, 0.3) is 0 Å². The maximum absolute atomic E-state index is 11.9. The largest absolute Gasteiger partial charge is 0.489 e. The van der Waals surface area contributed by atoms with Crippen LogP contribution in [0.3, 0.4) is 0 Å². The lowest BCUT2D eigenvalue weighted by Gasteiger charge is -2.18. The van der Waals surface area contributed by atoms with Gasteiger partial charge in [0.05, 0.1) is 12.2 Å². The number of hydrogen-bond donors (Lipinski definition) is 2. The van der Waals surface area contributed by atoms with Crippen molar-refractivity contribution in [3.05, 3.63) is 65.7 Å². The fraction of sp³-hybridized carbons (Fsp3) is 0.300. The molecule has 1 amide bonds. The number of nitriles is 1. The van der Waals surface area contributed by atoms with Crippen LogP contribution in [0.4, 0.5) is 0 Å². The Kier molecular flexibility index (Phi) is 6.15. The zero-order valence-corrected chi connectivity index (χ0v) is 14.4. The number of carbonyl (C=O) groups excluding carboxylic acids is 1. The van der Waals surface area contributed by atoms with Crippen LogP contribution in [0.5, 0.6) is 5.75 Å². The Morgan fingerprint density at radius 2 is 1.96 bits per heavy atom. The van der Waals surface area contributed by atoms with E-state index in [0.29, 0.717) is 17.9 Å². The highest BCUT2D eigenvalue weighted by Gasteiger charge is 2.27. The van der Waals surface area contributed by atoms with E-state index in [2.05, 4.69) is 5.32 Å². The van der Waals surface area contributed by atoms with Crippen molar-refractivity contribution in [3.63, 3.8) is 0 Å². The number of rotatable bonds is 7. The summed E-state index contributed by atoms with van der Waals surface area (Å²) < 4.78 is 5.74. The van der Waals surface area contributed by atoms with Crippen LogP contribution >= 0.6 is 0 Å². The smallest absolute Gasteiger partial charge is 0.240 e. The van der Waals surface area contributed by atoms with Crippen molar-refractivity contribution in [1.29, 1.82) is 5.26 Å². The second kappa shape index (κ2) is 8.32. The van der Waals surface area contributed by atoms with Gasteiger partial charge in [-0.25, -0.2) is 0 Å². The molecule has 5 nitrogen and oxygen atoms in total. The van der Waals surface area contributed by atoms with Gasteiger partial charge in [-0.2, -0.15) is 5.26 Å². The fourth-order valence-corrected chi connectivity index (χ4v) is 2.13. The maximum Gasteiger partial charge on any atom is 0.240 e. The van der Waals surface area contributed by atoms with E-state index in [4.69, 9.17) is 10.00 Å². The third-order valence-corrected chi connectivity index (χ3v) is 3.79. The fourth-order valence-electron chi connectivity index (χ4n) is 2.13. The third kappa shape index (κ3) is 5.33. The minimum atomic E-state index is -1.12. The molecular weight excluding hydrogens is 316 g/mol. The lowest BCUT2D eigenvalue weighted by atomic mass is 9.94. The summed E-state index contributed by atoms with van der Waals surface area (Å²) in [6.45, 7) is 3.54. The van der Waals surface area contributed by atoms with E-state index in [0.717, 1.165) is 5.56 Å². The molecule has 0 aliphatic carbocycles. The van der Waals surface area contributed by atoms with E-state index in [1.54, 1.807) is 18.2 Å². The number of nitrogens with zero attached hydrogens (tertiary/aromatic N) is 1. The van der Waals surface area contributed by atoms with Crippen LogP contribution in [0.1, 0.15) is 31.1 Å². The molecular formula is C20H22N2O3. The lowest BCUT2D eigenvalue weighted by Crippen LogP contribution is -2.38. The number of aliphatic hydroxyl groups excluding tert-OH is 1. The van der Waals surface area contributed by atoms with Gasteiger partial charge in [-0.15, -0.1) is 0 Å². The average Bonchev–Trinajstić information content (AvgIpc) is 2.65. The predicted octanol–water partition coefficient (Wildman–Crippen LogP) is 2.96. The monoisotopic (exact) mass is 338 g/mol. The number of amides is 1. The molecule has 0 aliphatic heterocycles. The van der Waals surface area contributed by atoms with Gasteiger partial charge >= 0.3 is 0 Å². The number of nitrogens with one attached hydrogen (secondary N) is 1. The summed E-state index contributed by atoms with van der Waals surface area (Å²) in [5.74, 6) is 0.231. The first-order valence-corrected chi connectivity index (χ1v) is 8.06. The third-order valence-electron chi connectivity index (χ3n) is 3.79. The number of benzene rings is 2. The highest BCUT2D eigenvalue weighted by Crippen LogP contribution is 2.20. The molecule has 2 aromatic carbocycles. The Balaban J connectivity index is 1.93. The zero-order valence-electron chi connectivity index (χ0n) is 14.4. The second-order valence-corrected chi connectivity index (χ2v) is 6.31. The summed E-state index contributed by atoms with van der Waals surface area (Å²) in [6.07, 6.45) is -0.876. The van der Waals surface area contributed by atoms with Crippen LogP contribution in [0.15, 0.2) is 54.6 Å². The Hall–Kier alpha value is -2.84. The average molecular weight is 338 g/mol. The Bertz CT molecular complexity index is 751. The number of aliphatic hydroxyl groups is 1. The van der Waals surface area contributed by atoms with Gasteiger partial charge in [0.25, 0.3) is 0 Å². The molecule has 2 rings (SSSR count). The molecule has 0 spiro atoms. The van der Waals surface area contributed by atoms with Crippen molar-refractivity contribution in [2.24, 2.45) is 5.41 Å². The molecule has 1 unspecified atom stereocenters. The first-order chi connectivity index (χ1) is 11.9. The number of ether oxygens (including phenoxy) is 1. The molecule has 25 heavy (non-hydrogen) atoms. The Morgan fingerprint density at radius 1 is 1.24 bits per heavy atom. The van der Waals surface area contributed by atoms with Crippen molar-refractivity contribution >= 4 is 5.91 Å². The van der Waals surface area contributed by atoms with Crippen LogP contribution in [0, 0.1) is 16.7 Å². The highest BCUT2D eigenvalue weighted by molar-refractivity contribution is 5.84. The van der Waals surface area contributed by atoms with E-state index in [1.807, 2.05) is 42.5 Å². The molecule has 130 valence electrons. The first-order valence-electron chi connectivity index (χ1n) is 8.06. The van der Waals surface area contributed by atoms with Gasteiger partial charge in [0.2, 0.25) is 5.91 Å². The molecule has 0 saturated heterocycles. The van der Waals surface area contributed by atoms with Gasteiger partial charge in [0.15, 0.2) is 0 Å². The summed E-state index contributed by atoms with van der Waals surface area (Å²) in [4.78, 5) is 11.9. The Morgan fingerprint density at radius 3 is 2.64 bits per heavy atom. The normalized spacial score (nSPS) is 12.1. The van der Waals surface area contributed by atoms with Gasteiger partial charge in [-0.05, 0) is 37.1 Å². The van der Waals surface area contributed by atoms with Gasteiger partial charge < -0.3 is 15.2 Å². The molecule has 0 saturated carbocycles. The van der Waals surface area contributed by atoms with E-state index in [9.17, 15) is 9.90 Å². The summed E-state index contributed by atoms with van der Waals surface area (Å²) >= 11 is 0. The van der Waals surface area contributed by atoms with E-state index in [-0.39, 0.29) is 6.54 Å².